The Morgan fingerprint density at radius 2 is 2.00 bits per heavy atom. The van der Waals surface area contributed by atoms with Gasteiger partial charge >= 0.3 is 0 Å². The van der Waals surface area contributed by atoms with Crippen LogP contribution < -0.4 is 15.2 Å². The molecule has 0 aliphatic carbocycles. The molecule has 19 heavy (non-hydrogen) atoms. The molecule has 2 N–H and O–H groups in total. The molecule has 0 saturated carbocycles. The summed E-state index contributed by atoms with van der Waals surface area (Å²) in [5, 5.41) is 3.86. The maximum atomic E-state index is 11.0. The summed E-state index contributed by atoms with van der Waals surface area (Å²) in [4.78, 5) is 11.0. The Morgan fingerprint density at radius 3 is 2.47 bits per heavy atom. The maximum Gasteiger partial charge on any atom is 0.174 e. The maximum absolute atomic E-state index is 11.0. The Bertz CT molecular complexity index is 624. The summed E-state index contributed by atoms with van der Waals surface area (Å²) in [6.45, 7) is 0. The van der Waals surface area contributed by atoms with E-state index < -0.39 is 0 Å². The minimum atomic E-state index is 0.214. The summed E-state index contributed by atoms with van der Waals surface area (Å²) in [6.07, 6.45) is 0.631. The number of nitrogens with two attached hydrogens (primary N) is 1. The van der Waals surface area contributed by atoms with E-state index in [2.05, 4.69) is 5.16 Å². The van der Waals surface area contributed by atoms with Gasteiger partial charge in [0.1, 0.15) is 0 Å². The Labute approximate surface area is 114 Å². The Balaban J connectivity index is 2.76. The van der Waals surface area contributed by atoms with Crippen molar-refractivity contribution in [1.82, 2.24) is 5.16 Å². The van der Waals surface area contributed by atoms with Crippen molar-refractivity contribution in [3.8, 4) is 22.8 Å². The molecule has 2 aromatic rings. The van der Waals surface area contributed by atoms with Gasteiger partial charge in [-0.1, -0.05) is 16.8 Å². The Hall–Kier alpha value is -2.21. The SMILES string of the molecule is COc1c(C=O)cc(Cl)c(-c2cc(N)no2)c1OC. The van der Waals surface area contributed by atoms with Crippen LogP contribution in [0, 0.1) is 0 Å². The average Bonchev–Trinajstić information content (AvgIpc) is 2.83. The molecule has 1 aromatic carbocycles. The number of aldehydes is 1. The molecule has 0 spiro atoms. The lowest BCUT2D eigenvalue weighted by atomic mass is 10.1. The van der Waals surface area contributed by atoms with Gasteiger partial charge in [-0.3, -0.25) is 4.79 Å². The second kappa shape index (κ2) is 5.19. The number of hydrogen-bond donors (Lipinski definition) is 1. The highest BCUT2D eigenvalue weighted by atomic mass is 35.5. The van der Waals surface area contributed by atoms with Gasteiger partial charge < -0.3 is 19.7 Å². The molecule has 0 bridgehead atoms. The van der Waals surface area contributed by atoms with Crippen LogP contribution in [0.5, 0.6) is 11.5 Å². The molecular weight excluding hydrogens is 272 g/mol. The number of halogens is 1. The fourth-order valence-corrected chi connectivity index (χ4v) is 2.05. The topological polar surface area (TPSA) is 87.6 Å². The first-order chi connectivity index (χ1) is 9.12. The van der Waals surface area contributed by atoms with Crippen LogP contribution in [0.4, 0.5) is 5.82 Å². The normalized spacial score (nSPS) is 10.3. The Morgan fingerprint density at radius 1 is 1.32 bits per heavy atom. The summed E-state index contributed by atoms with van der Waals surface area (Å²) in [7, 11) is 2.86. The standard InChI is InChI=1S/C12H11ClN2O4/c1-17-11-6(5-16)3-7(13)10(12(11)18-2)8-4-9(14)15-19-8/h3-5H,1-2H3,(H2,14,15). The molecule has 0 aliphatic rings. The number of aromatic nitrogens is 1. The lowest BCUT2D eigenvalue weighted by molar-refractivity contribution is 0.112. The first-order valence-electron chi connectivity index (χ1n) is 5.24. The largest absolute Gasteiger partial charge is 0.492 e. The van der Waals surface area contributed by atoms with E-state index in [0.717, 1.165) is 0 Å². The fourth-order valence-electron chi connectivity index (χ4n) is 1.76. The molecule has 100 valence electrons. The highest BCUT2D eigenvalue weighted by Gasteiger charge is 2.22. The lowest BCUT2D eigenvalue weighted by Gasteiger charge is -2.14. The van der Waals surface area contributed by atoms with E-state index in [1.807, 2.05) is 0 Å². The van der Waals surface area contributed by atoms with E-state index in [0.29, 0.717) is 17.6 Å². The van der Waals surface area contributed by atoms with Gasteiger partial charge in [0.05, 0.1) is 30.4 Å². The molecule has 6 nitrogen and oxygen atoms in total. The van der Waals surface area contributed by atoms with Gasteiger partial charge in [0, 0.05) is 6.07 Å². The van der Waals surface area contributed by atoms with Crippen molar-refractivity contribution in [2.24, 2.45) is 0 Å². The summed E-state index contributed by atoms with van der Waals surface area (Å²) < 4.78 is 15.5. The van der Waals surface area contributed by atoms with Crippen molar-refractivity contribution in [2.75, 3.05) is 20.0 Å². The number of ether oxygens (including phenoxy) is 2. The first kappa shape index (κ1) is 13.2. The van der Waals surface area contributed by atoms with Gasteiger partial charge in [0.2, 0.25) is 0 Å². The molecule has 0 fully saturated rings. The van der Waals surface area contributed by atoms with Gasteiger partial charge in [-0.25, -0.2) is 0 Å². The third-order valence-electron chi connectivity index (χ3n) is 2.53. The number of carbonyl (C=O) groups excluding carboxylic acids is 1. The highest BCUT2D eigenvalue weighted by Crippen LogP contribution is 2.45. The van der Waals surface area contributed by atoms with Crippen LogP contribution in [0.25, 0.3) is 11.3 Å². The molecular formula is C12H11ClN2O4. The number of anilines is 1. The zero-order valence-electron chi connectivity index (χ0n) is 10.3. The van der Waals surface area contributed by atoms with E-state index in [-0.39, 0.29) is 27.9 Å². The molecule has 0 aliphatic heterocycles. The number of carbonyl (C=O) groups is 1. The molecule has 1 heterocycles. The van der Waals surface area contributed by atoms with Crippen molar-refractivity contribution < 1.29 is 18.8 Å². The van der Waals surface area contributed by atoms with Crippen LogP contribution in [-0.2, 0) is 0 Å². The molecule has 2 rings (SSSR count). The third kappa shape index (κ3) is 2.22. The van der Waals surface area contributed by atoms with Crippen LogP contribution in [0.2, 0.25) is 5.02 Å². The predicted octanol–water partition coefficient (Wildman–Crippen LogP) is 2.41. The number of methoxy groups -OCH3 is 2. The van der Waals surface area contributed by atoms with Gasteiger partial charge in [0.25, 0.3) is 0 Å². The molecule has 0 unspecified atom stereocenters. The second-order valence-corrected chi connectivity index (χ2v) is 4.03. The van der Waals surface area contributed by atoms with Crippen molar-refractivity contribution in [3.63, 3.8) is 0 Å². The van der Waals surface area contributed by atoms with Crippen molar-refractivity contribution in [1.29, 1.82) is 0 Å². The molecule has 7 heteroatoms. The molecule has 0 radical (unpaired) electrons. The van der Waals surface area contributed by atoms with Gasteiger partial charge in [-0.05, 0) is 6.07 Å². The van der Waals surface area contributed by atoms with Crippen LogP contribution in [0.1, 0.15) is 10.4 Å². The zero-order valence-corrected chi connectivity index (χ0v) is 11.0. The lowest BCUT2D eigenvalue weighted by Crippen LogP contribution is -1.98. The molecule has 0 amide bonds. The van der Waals surface area contributed by atoms with E-state index >= 15 is 0 Å². The van der Waals surface area contributed by atoms with Crippen LogP contribution in [0.15, 0.2) is 16.7 Å². The van der Waals surface area contributed by atoms with E-state index in [1.165, 1.54) is 26.4 Å². The Kier molecular flexibility index (Phi) is 3.62. The third-order valence-corrected chi connectivity index (χ3v) is 2.82. The van der Waals surface area contributed by atoms with Crippen molar-refractivity contribution >= 4 is 23.7 Å². The van der Waals surface area contributed by atoms with Crippen LogP contribution >= 0.6 is 11.6 Å². The highest BCUT2D eigenvalue weighted by molar-refractivity contribution is 6.34. The summed E-state index contributed by atoms with van der Waals surface area (Å²) in [5.41, 5.74) is 6.21. The van der Waals surface area contributed by atoms with Crippen LogP contribution in [-0.4, -0.2) is 25.7 Å². The zero-order chi connectivity index (χ0) is 14.0. The first-order valence-corrected chi connectivity index (χ1v) is 5.62. The quantitative estimate of drug-likeness (QED) is 0.866. The minimum Gasteiger partial charge on any atom is -0.492 e. The smallest absolute Gasteiger partial charge is 0.174 e. The summed E-state index contributed by atoms with van der Waals surface area (Å²) in [5.74, 6) is 1.10. The average molecular weight is 283 g/mol. The second-order valence-electron chi connectivity index (χ2n) is 3.62. The van der Waals surface area contributed by atoms with Crippen molar-refractivity contribution in [2.45, 2.75) is 0 Å². The predicted molar refractivity (Wildman–Crippen MR) is 69.9 cm³/mol. The summed E-state index contributed by atoms with van der Waals surface area (Å²) in [6, 6.07) is 2.97. The van der Waals surface area contributed by atoms with E-state index in [4.69, 9.17) is 31.3 Å². The van der Waals surface area contributed by atoms with E-state index in [9.17, 15) is 4.79 Å². The van der Waals surface area contributed by atoms with Gasteiger partial charge in [-0.15, -0.1) is 0 Å². The fraction of sp³-hybridized carbons (Fsp3) is 0.167. The van der Waals surface area contributed by atoms with Gasteiger partial charge in [-0.2, -0.15) is 0 Å². The summed E-state index contributed by atoms with van der Waals surface area (Å²) >= 11 is 6.14. The molecule has 0 saturated heterocycles. The number of rotatable bonds is 4. The van der Waals surface area contributed by atoms with Crippen LogP contribution in [0.3, 0.4) is 0 Å². The number of hydrogen-bond acceptors (Lipinski definition) is 6. The monoisotopic (exact) mass is 282 g/mol. The number of nitrogen functional groups attached to an aromatic ring is 1. The molecule has 1 aromatic heterocycles. The minimum absolute atomic E-state index is 0.214. The number of benzene rings is 1. The van der Waals surface area contributed by atoms with Gasteiger partial charge in [0.15, 0.2) is 29.4 Å². The molecule has 0 atom stereocenters. The number of nitrogens with zero attached hydrogens (tertiary/aromatic N) is 1. The van der Waals surface area contributed by atoms with E-state index in [1.54, 1.807) is 0 Å². The van der Waals surface area contributed by atoms with Crippen molar-refractivity contribution in [3.05, 3.63) is 22.7 Å².